The van der Waals surface area contributed by atoms with E-state index in [1.165, 1.54) is 12.1 Å². The first-order chi connectivity index (χ1) is 15.4. The third kappa shape index (κ3) is 5.29. The highest BCUT2D eigenvalue weighted by Gasteiger charge is 2.31. The van der Waals surface area contributed by atoms with Gasteiger partial charge >= 0.3 is 6.01 Å². The van der Waals surface area contributed by atoms with Crippen LogP contribution in [0.15, 0.2) is 46.9 Å². The maximum Gasteiger partial charge on any atom is 0.318 e. The van der Waals surface area contributed by atoms with E-state index in [9.17, 15) is 14.3 Å². The number of hydrogen-bond acceptors (Lipinski definition) is 7. The molecule has 0 bridgehead atoms. The molecular formula is C21H19Cl2FN4O4. The maximum absolute atomic E-state index is 13.4. The standard InChI is InChI=1S/C21H19Cl2FN4O4/c22-13-3-1-12(2-4-13)20-26-27-21(32-20)28-8-7-17(18(29)10-28)25-19(30)11-31-14-5-6-15(23)16(24)9-14/h1-6,9,17-18,29H,7-8,10-11H2,(H,25,30)/t17-,18-/m0/s1. The normalized spacial score (nSPS) is 18.4. The molecular weight excluding hydrogens is 462 g/mol. The number of piperidine rings is 1. The SMILES string of the molecule is O=C(COc1ccc(Cl)c(F)c1)N[C@H]1CCN(c2nnc(-c3ccc(Cl)cc3)o2)C[C@@H]1O. The summed E-state index contributed by atoms with van der Waals surface area (Å²) < 4.78 is 24.4. The number of nitrogens with one attached hydrogen (secondary N) is 1. The molecule has 11 heteroatoms. The Balaban J connectivity index is 1.29. The third-order valence-electron chi connectivity index (χ3n) is 4.97. The minimum atomic E-state index is -0.855. The second kappa shape index (κ2) is 9.72. The molecule has 0 spiro atoms. The monoisotopic (exact) mass is 480 g/mol. The minimum absolute atomic E-state index is 0.0294. The van der Waals surface area contributed by atoms with Crippen LogP contribution in [0.4, 0.5) is 10.4 Å². The highest BCUT2D eigenvalue weighted by atomic mass is 35.5. The number of rotatable bonds is 6. The number of nitrogens with zero attached hydrogens (tertiary/aromatic N) is 3. The van der Waals surface area contributed by atoms with Crippen molar-refractivity contribution in [2.75, 3.05) is 24.6 Å². The quantitative estimate of drug-likeness (QED) is 0.557. The van der Waals surface area contributed by atoms with Gasteiger partial charge in [0.15, 0.2) is 6.61 Å². The summed E-state index contributed by atoms with van der Waals surface area (Å²) in [6.45, 7) is 0.381. The van der Waals surface area contributed by atoms with Gasteiger partial charge in [-0.25, -0.2) is 4.39 Å². The second-order valence-corrected chi connectivity index (χ2v) is 8.08. The number of carbonyl (C=O) groups is 1. The molecule has 1 aliphatic heterocycles. The number of halogens is 3. The highest BCUT2D eigenvalue weighted by molar-refractivity contribution is 6.31. The van der Waals surface area contributed by atoms with Crippen molar-refractivity contribution in [3.8, 4) is 17.2 Å². The van der Waals surface area contributed by atoms with Crippen molar-refractivity contribution >= 4 is 35.1 Å². The Morgan fingerprint density at radius 2 is 2.03 bits per heavy atom. The molecule has 1 aromatic heterocycles. The molecule has 32 heavy (non-hydrogen) atoms. The molecule has 0 aliphatic carbocycles. The molecule has 0 saturated carbocycles. The molecule has 2 aromatic carbocycles. The zero-order valence-electron chi connectivity index (χ0n) is 16.7. The van der Waals surface area contributed by atoms with Gasteiger partial charge in [-0.15, -0.1) is 5.10 Å². The molecule has 1 aliphatic rings. The first kappa shape index (κ1) is 22.3. The fraction of sp³-hybridized carbons (Fsp3) is 0.286. The van der Waals surface area contributed by atoms with Crippen molar-refractivity contribution in [2.24, 2.45) is 0 Å². The molecule has 1 saturated heterocycles. The van der Waals surface area contributed by atoms with Crippen LogP contribution >= 0.6 is 23.2 Å². The van der Waals surface area contributed by atoms with Crippen LogP contribution in [0, 0.1) is 5.82 Å². The van der Waals surface area contributed by atoms with Gasteiger partial charge in [0.2, 0.25) is 5.89 Å². The van der Waals surface area contributed by atoms with E-state index in [4.69, 9.17) is 32.4 Å². The summed E-state index contributed by atoms with van der Waals surface area (Å²) in [5.74, 6) is -0.532. The van der Waals surface area contributed by atoms with Gasteiger partial charge in [-0.2, -0.15) is 0 Å². The van der Waals surface area contributed by atoms with Crippen molar-refractivity contribution < 1.29 is 23.4 Å². The topological polar surface area (TPSA) is 101 Å². The molecule has 1 fully saturated rings. The number of anilines is 1. The summed E-state index contributed by atoms with van der Waals surface area (Å²) in [6, 6.07) is 10.7. The molecule has 8 nitrogen and oxygen atoms in total. The average molecular weight is 481 g/mol. The largest absolute Gasteiger partial charge is 0.484 e. The molecule has 1 amide bonds. The molecule has 4 rings (SSSR count). The van der Waals surface area contributed by atoms with Crippen LogP contribution < -0.4 is 15.0 Å². The van der Waals surface area contributed by atoms with Gasteiger partial charge in [-0.1, -0.05) is 28.3 Å². The first-order valence-electron chi connectivity index (χ1n) is 9.79. The predicted molar refractivity (Wildman–Crippen MR) is 116 cm³/mol. The Hall–Kier alpha value is -2.88. The summed E-state index contributed by atoms with van der Waals surface area (Å²) in [6.07, 6.45) is -0.396. The van der Waals surface area contributed by atoms with Crippen LogP contribution in [-0.4, -0.2) is 53.1 Å². The number of carbonyl (C=O) groups excluding carboxylic acids is 1. The molecule has 168 valence electrons. The van der Waals surface area contributed by atoms with E-state index in [0.29, 0.717) is 23.9 Å². The zero-order valence-corrected chi connectivity index (χ0v) is 18.2. The van der Waals surface area contributed by atoms with Crippen LogP contribution in [0.2, 0.25) is 10.0 Å². The van der Waals surface area contributed by atoms with Gasteiger partial charge in [-0.05, 0) is 42.8 Å². The van der Waals surface area contributed by atoms with Crippen LogP contribution in [0.25, 0.3) is 11.5 Å². The molecule has 2 heterocycles. The molecule has 2 atom stereocenters. The zero-order chi connectivity index (χ0) is 22.7. The van der Waals surface area contributed by atoms with E-state index in [0.717, 1.165) is 11.6 Å². The summed E-state index contributed by atoms with van der Waals surface area (Å²) in [5.41, 5.74) is 0.733. The predicted octanol–water partition coefficient (Wildman–Crippen LogP) is 3.32. The Morgan fingerprint density at radius 3 is 2.75 bits per heavy atom. The van der Waals surface area contributed by atoms with E-state index in [1.807, 2.05) is 0 Å². The van der Waals surface area contributed by atoms with Gasteiger partial charge in [-0.3, -0.25) is 4.79 Å². The molecule has 2 N–H and O–H groups in total. The smallest absolute Gasteiger partial charge is 0.318 e. The Kier molecular flexibility index (Phi) is 6.78. The Morgan fingerprint density at radius 1 is 1.25 bits per heavy atom. The van der Waals surface area contributed by atoms with Gasteiger partial charge in [0.05, 0.1) is 23.7 Å². The first-order valence-corrected chi connectivity index (χ1v) is 10.5. The van der Waals surface area contributed by atoms with Crippen LogP contribution in [-0.2, 0) is 4.79 Å². The molecule has 0 radical (unpaired) electrons. The van der Waals surface area contributed by atoms with Gasteiger partial charge in [0.1, 0.15) is 11.6 Å². The van der Waals surface area contributed by atoms with Gasteiger partial charge < -0.3 is 24.5 Å². The van der Waals surface area contributed by atoms with Gasteiger partial charge in [0, 0.05) is 23.2 Å². The number of hydrogen-bond donors (Lipinski definition) is 2. The maximum atomic E-state index is 13.4. The third-order valence-corrected chi connectivity index (χ3v) is 5.52. The number of β-amino-alcohol motifs (C(OH)–C–C–N with tert-alkyl or cyclic N) is 1. The highest BCUT2D eigenvalue weighted by Crippen LogP contribution is 2.25. The molecule has 3 aromatic rings. The lowest BCUT2D eigenvalue weighted by Gasteiger charge is -2.35. The number of amides is 1. The van der Waals surface area contributed by atoms with Crippen molar-refractivity contribution in [1.29, 1.82) is 0 Å². The number of aliphatic hydroxyl groups excluding tert-OH is 1. The lowest BCUT2D eigenvalue weighted by atomic mass is 10.0. The van der Waals surface area contributed by atoms with E-state index >= 15 is 0 Å². The Bertz CT molecular complexity index is 1100. The fourth-order valence-electron chi connectivity index (χ4n) is 3.29. The summed E-state index contributed by atoms with van der Waals surface area (Å²) in [5, 5.41) is 21.9. The lowest BCUT2D eigenvalue weighted by Crippen LogP contribution is -2.55. The van der Waals surface area contributed by atoms with E-state index in [2.05, 4.69) is 15.5 Å². The van der Waals surface area contributed by atoms with E-state index in [-0.39, 0.29) is 29.9 Å². The van der Waals surface area contributed by atoms with Crippen molar-refractivity contribution in [2.45, 2.75) is 18.6 Å². The minimum Gasteiger partial charge on any atom is -0.484 e. The summed E-state index contributed by atoms with van der Waals surface area (Å²) in [7, 11) is 0. The number of ether oxygens (including phenoxy) is 1. The van der Waals surface area contributed by atoms with Crippen molar-refractivity contribution in [3.63, 3.8) is 0 Å². The lowest BCUT2D eigenvalue weighted by molar-refractivity contribution is -0.124. The number of benzene rings is 2. The van der Waals surface area contributed by atoms with Crippen LogP contribution in [0.1, 0.15) is 6.42 Å². The van der Waals surface area contributed by atoms with E-state index in [1.54, 1.807) is 29.2 Å². The Labute approximate surface area is 192 Å². The van der Waals surface area contributed by atoms with Crippen molar-refractivity contribution in [3.05, 3.63) is 58.3 Å². The van der Waals surface area contributed by atoms with Crippen molar-refractivity contribution in [1.82, 2.24) is 15.5 Å². The van der Waals surface area contributed by atoms with Crippen LogP contribution in [0.5, 0.6) is 5.75 Å². The number of aromatic nitrogens is 2. The number of aliphatic hydroxyl groups is 1. The fourth-order valence-corrected chi connectivity index (χ4v) is 3.53. The van der Waals surface area contributed by atoms with Gasteiger partial charge in [0.25, 0.3) is 5.91 Å². The molecule has 0 unspecified atom stereocenters. The second-order valence-electron chi connectivity index (χ2n) is 7.24. The summed E-state index contributed by atoms with van der Waals surface area (Å²) in [4.78, 5) is 13.9. The average Bonchev–Trinajstić information content (AvgIpc) is 3.27. The summed E-state index contributed by atoms with van der Waals surface area (Å²) >= 11 is 11.5. The van der Waals surface area contributed by atoms with E-state index < -0.39 is 23.9 Å². The van der Waals surface area contributed by atoms with Crippen LogP contribution in [0.3, 0.4) is 0 Å².